The van der Waals surface area contributed by atoms with Gasteiger partial charge in [0, 0.05) is 56.7 Å². The van der Waals surface area contributed by atoms with Crippen LogP contribution in [0.4, 0.5) is 11.6 Å². The smallest absolute Gasteiger partial charge is 0.176 e. The van der Waals surface area contributed by atoms with Gasteiger partial charge in [0.1, 0.15) is 18.2 Å². The molecule has 12 nitrogen and oxygen atoms in total. The van der Waals surface area contributed by atoms with Gasteiger partial charge in [0.05, 0.1) is 23.8 Å². The fourth-order valence-corrected chi connectivity index (χ4v) is 5.67. The van der Waals surface area contributed by atoms with Gasteiger partial charge in [-0.15, -0.1) is 5.10 Å². The Morgan fingerprint density at radius 1 is 1.17 bits per heavy atom. The summed E-state index contributed by atoms with van der Waals surface area (Å²) in [6.45, 7) is 7.06. The molecule has 1 aliphatic carbocycles. The van der Waals surface area contributed by atoms with Crippen LogP contribution in [0.1, 0.15) is 56.8 Å². The Kier molecular flexibility index (Phi) is 9.94. The molecule has 2 aliphatic rings. The topological polar surface area (TPSA) is 148 Å². The normalized spacial score (nSPS) is 20.9. The molecular formula is C30H42N10O2. The highest BCUT2D eigenvalue weighted by atomic mass is 16.5. The standard InChI is InChI=1S/C30H42N10O2/c1-21-16-32-28(15-25(21)26-5-4-6-27(36-26)33-20-30(19-31)11-13-41-14-12-30)35-24-9-7-23(8-10-24)34-22(2)17-42-18-29-37-38-39-40(29)3/h4-6,15-16,22-24,34H,7-14,17-18,20H2,1-3H3,(H,32,35)(H,33,36)/t22-,23-,24-/m1/s1. The van der Waals surface area contributed by atoms with Gasteiger partial charge in [0.2, 0.25) is 0 Å². The van der Waals surface area contributed by atoms with Crippen LogP contribution in [-0.4, -0.2) is 74.7 Å². The van der Waals surface area contributed by atoms with Gasteiger partial charge in [0.25, 0.3) is 0 Å². The molecule has 0 radical (unpaired) electrons. The highest BCUT2D eigenvalue weighted by Gasteiger charge is 2.32. The molecule has 4 heterocycles. The first-order valence-corrected chi connectivity index (χ1v) is 14.9. The fourth-order valence-electron chi connectivity index (χ4n) is 5.67. The van der Waals surface area contributed by atoms with Gasteiger partial charge >= 0.3 is 0 Å². The molecule has 1 aliphatic heterocycles. The fraction of sp³-hybridized carbons (Fsp3) is 0.600. The molecule has 224 valence electrons. The maximum Gasteiger partial charge on any atom is 0.176 e. The van der Waals surface area contributed by atoms with E-state index >= 15 is 0 Å². The van der Waals surface area contributed by atoms with E-state index in [1.165, 1.54) is 0 Å². The summed E-state index contributed by atoms with van der Waals surface area (Å²) in [6.07, 6.45) is 7.73. The number of hydrogen-bond donors (Lipinski definition) is 3. The van der Waals surface area contributed by atoms with Gasteiger partial charge in [-0.25, -0.2) is 14.6 Å². The first-order valence-electron chi connectivity index (χ1n) is 14.9. The second-order valence-corrected chi connectivity index (χ2v) is 11.6. The second kappa shape index (κ2) is 14.0. The van der Waals surface area contributed by atoms with Gasteiger partial charge in [-0.1, -0.05) is 6.07 Å². The van der Waals surface area contributed by atoms with Crippen molar-refractivity contribution in [1.29, 1.82) is 5.26 Å². The lowest BCUT2D eigenvalue weighted by Crippen LogP contribution is -2.43. The number of tetrazole rings is 1. The van der Waals surface area contributed by atoms with Crippen molar-refractivity contribution in [3.8, 4) is 17.3 Å². The third-order valence-corrected chi connectivity index (χ3v) is 8.33. The minimum atomic E-state index is -0.407. The van der Waals surface area contributed by atoms with Crippen molar-refractivity contribution in [2.45, 2.75) is 77.1 Å². The monoisotopic (exact) mass is 574 g/mol. The predicted molar refractivity (Wildman–Crippen MR) is 160 cm³/mol. The summed E-state index contributed by atoms with van der Waals surface area (Å²) in [6, 6.07) is 11.7. The van der Waals surface area contributed by atoms with Crippen molar-refractivity contribution >= 4 is 11.6 Å². The Hall–Kier alpha value is -3.66. The van der Waals surface area contributed by atoms with Gasteiger partial charge in [-0.2, -0.15) is 5.26 Å². The minimum Gasteiger partial charge on any atom is -0.381 e. The van der Waals surface area contributed by atoms with E-state index in [1.54, 1.807) is 4.68 Å². The van der Waals surface area contributed by atoms with Crippen LogP contribution >= 0.6 is 0 Å². The first-order chi connectivity index (χ1) is 20.4. The van der Waals surface area contributed by atoms with E-state index in [-0.39, 0.29) is 6.04 Å². The van der Waals surface area contributed by atoms with E-state index in [4.69, 9.17) is 14.5 Å². The number of nitrogens with one attached hydrogen (secondary N) is 3. The molecule has 5 rings (SSSR count). The molecule has 3 aromatic rings. The molecule has 3 aromatic heterocycles. The lowest BCUT2D eigenvalue weighted by Gasteiger charge is -2.32. The lowest BCUT2D eigenvalue weighted by atomic mass is 9.82. The first kappa shape index (κ1) is 29.8. The lowest BCUT2D eigenvalue weighted by molar-refractivity contribution is 0.0455. The largest absolute Gasteiger partial charge is 0.381 e. The number of ether oxygens (including phenoxy) is 2. The van der Waals surface area contributed by atoms with Crippen molar-refractivity contribution in [2.75, 3.05) is 37.0 Å². The van der Waals surface area contributed by atoms with Crippen LogP contribution in [-0.2, 0) is 23.1 Å². The maximum absolute atomic E-state index is 9.78. The minimum absolute atomic E-state index is 0.252. The Morgan fingerprint density at radius 3 is 2.69 bits per heavy atom. The number of nitrogens with zero attached hydrogens (tertiary/aromatic N) is 7. The van der Waals surface area contributed by atoms with E-state index in [0.717, 1.165) is 72.8 Å². The second-order valence-electron chi connectivity index (χ2n) is 11.6. The maximum atomic E-state index is 9.78. The van der Waals surface area contributed by atoms with Gasteiger partial charge in [-0.05, 0) is 86.6 Å². The zero-order valence-electron chi connectivity index (χ0n) is 24.8. The molecule has 0 spiro atoms. The van der Waals surface area contributed by atoms with Crippen LogP contribution < -0.4 is 16.0 Å². The van der Waals surface area contributed by atoms with Crippen LogP contribution in [0, 0.1) is 23.7 Å². The van der Waals surface area contributed by atoms with Crippen molar-refractivity contribution in [2.24, 2.45) is 12.5 Å². The number of aromatic nitrogens is 6. The quantitative estimate of drug-likeness (QED) is 0.291. The van der Waals surface area contributed by atoms with Crippen LogP contribution in [0.2, 0.25) is 0 Å². The van der Waals surface area contributed by atoms with Crippen molar-refractivity contribution in [3.05, 3.63) is 41.9 Å². The molecule has 0 bridgehead atoms. The Labute approximate surface area is 247 Å². The Bertz CT molecular complexity index is 1340. The van der Waals surface area contributed by atoms with Gasteiger partial charge in [-0.3, -0.25) is 0 Å². The average molecular weight is 575 g/mol. The number of nitriles is 1. The number of hydrogen-bond acceptors (Lipinski definition) is 11. The van der Waals surface area contributed by atoms with E-state index in [2.05, 4.69) is 62.4 Å². The molecule has 0 aromatic carbocycles. The summed E-state index contributed by atoms with van der Waals surface area (Å²) in [5.41, 5.74) is 2.61. The number of pyridine rings is 2. The highest BCUT2D eigenvalue weighted by Crippen LogP contribution is 2.31. The molecule has 1 atom stereocenters. The average Bonchev–Trinajstić information content (AvgIpc) is 3.43. The molecular weight excluding hydrogens is 532 g/mol. The van der Waals surface area contributed by atoms with Gasteiger partial charge in [0.15, 0.2) is 5.82 Å². The van der Waals surface area contributed by atoms with E-state index in [0.29, 0.717) is 45.1 Å². The van der Waals surface area contributed by atoms with Crippen LogP contribution in [0.3, 0.4) is 0 Å². The van der Waals surface area contributed by atoms with Crippen LogP contribution in [0.15, 0.2) is 30.5 Å². The summed E-state index contributed by atoms with van der Waals surface area (Å²) in [5.74, 6) is 2.37. The number of aryl methyl sites for hydroxylation is 2. The Balaban J connectivity index is 1.11. The van der Waals surface area contributed by atoms with Gasteiger partial charge < -0.3 is 25.4 Å². The van der Waals surface area contributed by atoms with Crippen molar-refractivity contribution in [3.63, 3.8) is 0 Å². The summed E-state index contributed by atoms with van der Waals surface area (Å²) in [4.78, 5) is 9.56. The van der Waals surface area contributed by atoms with Crippen molar-refractivity contribution in [1.82, 2.24) is 35.5 Å². The van der Waals surface area contributed by atoms with Crippen LogP contribution in [0.5, 0.6) is 0 Å². The summed E-state index contributed by atoms with van der Waals surface area (Å²) in [7, 11) is 1.81. The Morgan fingerprint density at radius 2 is 1.95 bits per heavy atom. The zero-order valence-corrected chi connectivity index (χ0v) is 24.8. The number of anilines is 2. The zero-order chi connectivity index (χ0) is 29.4. The SMILES string of the molecule is Cc1cnc(N[C@H]2CC[C@H](N[C@H](C)COCc3nnnn3C)CC2)cc1-c1cccc(NCC2(C#N)CCOCC2)n1. The van der Waals surface area contributed by atoms with E-state index < -0.39 is 5.41 Å². The van der Waals surface area contributed by atoms with E-state index in [1.807, 2.05) is 31.4 Å². The molecule has 0 amide bonds. The third kappa shape index (κ3) is 7.79. The predicted octanol–water partition coefficient (Wildman–Crippen LogP) is 3.63. The van der Waals surface area contributed by atoms with Crippen LogP contribution in [0.25, 0.3) is 11.3 Å². The molecule has 0 unspecified atom stereocenters. The molecule has 3 N–H and O–H groups in total. The number of rotatable bonds is 12. The molecule has 1 saturated heterocycles. The molecule has 12 heteroatoms. The highest BCUT2D eigenvalue weighted by molar-refractivity contribution is 5.68. The molecule has 42 heavy (non-hydrogen) atoms. The summed E-state index contributed by atoms with van der Waals surface area (Å²) in [5, 5.41) is 32.0. The molecule has 1 saturated carbocycles. The van der Waals surface area contributed by atoms with E-state index in [9.17, 15) is 5.26 Å². The summed E-state index contributed by atoms with van der Waals surface area (Å²) < 4.78 is 12.9. The third-order valence-electron chi connectivity index (χ3n) is 8.33. The molecule has 2 fully saturated rings. The van der Waals surface area contributed by atoms with Crippen molar-refractivity contribution < 1.29 is 9.47 Å². The summed E-state index contributed by atoms with van der Waals surface area (Å²) >= 11 is 0.